The molecule has 4 aromatic carbocycles. The molecule has 0 fully saturated rings. The maximum Gasteiger partial charge on any atom is 0.152 e. The highest BCUT2D eigenvalue weighted by Gasteiger charge is 2.38. The van der Waals surface area contributed by atoms with Gasteiger partial charge >= 0.3 is 0 Å². The Bertz CT molecular complexity index is 1410. The molecule has 5 nitrogen and oxygen atoms in total. The Balaban J connectivity index is 1.42. The second-order valence-corrected chi connectivity index (χ2v) is 10.4. The van der Waals surface area contributed by atoms with E-state index in [0.29, 0.717) is 37.0 Å². The molecule has 0 bridgehead atoms. The van der Waals surface area contributed by atoms with Crippen LogP contribution in [0.4, 0.5) is 0 Å². The van der Waals surface area contributed by atoms with E-state index in [-0.39, 0.29) is 6.61 Å². The summed E-state index contributed by atoms with van der Waals surface area (Å²) in [5.74, 6) is 1.30. The molecule has 0 radical (unpaired) electrons. The number of aliphatic hydroxyl groups excluding tert-OH is 1. The monoisotopic (exact) mass is 570 g/mol. The van der Waals surface area contributed by atoms with Crippen LogP contribution >= 0.6 is 11.6 Å². The van der Waals surface area contributed by atoms with Crippen LogP contribution in [0, 0.1) is 0 Å². The van der Waals surface area contributed by atoms with E-state index in [2.05, 4.69) is 18.2 Å². The van der Waals surface area contributed by atoms with E-state index in [4.69, 9.17) is 30.5 Å². The van der Waals surface area contributed by atoms with Crippen molar-refractivity contribution in [2.45, 2.75) is 44.9 Å². The molecular formula is C35H35ClO5. The molecule has 0 saturated carbocycles. The third kappa shape index (κ3) is 7.78. The first-order chi connectivity index (χ1) is 20.1. The number of aliphatic hydroxyl groups is 1. The van der Waals surface area contributed by atoms with Crippen LogP contribution in [0.15, 0.2) is 115 Å². The zero-order chi connectivity index (χ0) is 28.4. The van der Waals surface area contributed by atoms with Gasteiger partial charge in [0, 0.05) is 5.02 Å². The molecule has 5 rings (SSSR count). The Kier molecular flexibility index (Phi) is 10.1. The Morgan fingerprint density at radius 3 is 2.07 bits per heavy atom. The maximum atomic E-state index is 10.1. The minimum atomic E-state index is -0.511. The van der Waals surface area contributed by atoms with E-state index >= 15 is 0 Å². The van der Waals surface area contributed by atoms with Crippen molar-refractivity contribution in [3.8, 4) is 5.75 Å². The zero-order valence-electron chi connectivity index (χ0n) is 23.1. The van der Waals surface area contributed by atoms with Crippen LogP contribution in [0.2, 0.25) is 5.02 Å². The predicted molar refractivity (Wildman–Crippen MR) is 161 cm³/mol. The van der Waals surface area contributed by atoms with Crippen LogP contribution in [-0.2, 0) is 33.8 Å². The second-order valence-electron chi connectivity index (χ2n) is 9.96. The number of halogens is 1. The highest BCUT2D eigenvalue weighted by Crippen LogP contribution is 2.37. The summed E-state index contributed by atoms with van der Waals surface area (Å²) >= 11 is 6.67. The summed E-state index contributed by atoms with van der Waals surface area (Å²) in [7, 11) is 0. The number of benzene rings is 4. The van der Waals surface area contributed by atoms with Crippen molar-refractivity contribution in [1.82, 2.24) is 0 Å². The van der Waals surface area contributed by atoms with Gasteiger partial charge in [-0.2, -0.15) is 0 Å². The van der Waals surface area contributed by atoms with E-state index in [0.717, 1.165) is 33.6 Å². The number of ether oxygens (including phenoxy) is 4. The number of rotatable bonds is 12. The van der Waals surface area contributed by atoms with Gasteiger partial charge in [-0.25, -0.2) is 0 Å². The molecule has 6 heteroatoms. The van der Waals surface area contributed by atoms with Crippen LogP contribution in [-0.4, -0.2) is 30.5 Å². The maximum absolute atomic E-state index is 10.1. The van der Waals surface area contributed by atoms with Gasteiger partial charge in [0.15, 0.2) is 6.10 Å². The molecule has 3 unspecified atom stereocenters. The molecule has 0 aliphatic carbocycles. The molecule has 4 aromatic rings. The summed E-state index contributed by atoms with van der Waals surface area (Å²) < 4.78 is 24.9. The smallest absolute Gasteiger partial charge is 0.152 e. The van der Waals surface area contributed by atoms with Crippen molar-refractivity contribution in [1.29, 1.82) is 0 Å². The first kappa shape index (κ1) is 28.9. The molecular weight excluding hydrogens is 536 g/mol. The predicted octanol–water partition coefficient (Wildman–Crippen LogP) is 7.45. The highest BCUT2D eigenvalue weighted by atomic mass is 35.5. The van der Waals surface area contributed by atoms with E-state index in [1.165, 1.54) is 0 Å². The van der Waals surface area contributed by atoms with Gasteiger partial charge in [-0.05, 0) is 65.4 Å². The molecule has 1 N–H and O–H groups in total. The molecule has 3 atom stereocenters. The fourth-order valence-electron chi connectivity index (χ4n) is 4.92. The lowest BCUT2D eigenvalue weighted by atomic mass is 9.94. The Morgan fingerprint density at radius 2 is 1.44 bits per heavy atom. The Hall–Kier alpha value is -3.61. The summed E-state index contributed by atoms with van der Waals surface area (Å²) in [6.07, 6.45) is 1.06. The summed E-state index contributed by atoms with van der Waals surface area (Å²) in [6.45, 7) is 3.16. The van der Waals surface area contributed by atoms with Crippen LogP contribution in [0.1, 0.15) is 40.8 Å². The van der Waals surface area contributed by atoms with Gasteiger partial charge in [0.2, 0.25) is 0 Å². The fraction of sp³-hybridized carbons (Fsp3) is 0.257. The third-order valence-corrected chi connectivity index (χ3v) is 7.37. The number of hydrogen-bond donors (Lipinski definition) is 1. The lowest BCUT2D eigenvalue weighted by Crippen LogP contribution is -2.40. The molecule has 0 saturated heterocycles. The van der Waals surface area contributed by atoms with Gasteiger partial charge < -0.3 is 24.1 Å². The molecule has 1 heterocycles. The molecule has 41 heavy (non-hydrogen) atoms. The largest absolute Gasteiger partial charge is 0.494 e. The highest BCUT2D eigenvalue weighted by molar-refractivity contribution is 6.31. The average Bonchev–Trinajstić information content (AvgIpc) is 3.02. The first-order valence-corrected chi connectivity index (χ1v) is 14.3. The Labute approximate surface area is 246 Å². The van der Waals surface area contributed by atoms with E-state index in [1.807, 2.05) is 97.9 Å². The van der Waals surface area contributed by atoms with Crippen LogP contribution in [0.5, 0.6) is 5.75 Å². The quantitative estimate of drug-likeness (QED) is 0.192. The topological polar surface area (TPSA) is 57.2 Å². The van der Waals surface area contributed by atoms with Crippen molar-refractivity contribution in [2.24, 2.45) is 0 Å². The van der Waals surface area contributed by atoms with Crippen LogP contribution in [0.3, 0.4) is 0 Å². The standard InChI is InChI=1S/C35H35ClO5/c1-2-38-30-16-13-25(14-17-30)19-29-20-28(15-18-32(29)36)34-35(40-24-27-11-7-4-8-12-27)33(21-31(22-37)41-34)39-23-26-9-5-3-6-10-26/h3-18,20-21,33-35,37H,2,19,22-24H2,1H3. The average molecular weight is 571 g/mol. The van der Waals surface area contributed by atoms with Crippen molar-refractivity contribution in [2.75, 3.05) is 13.2 Å². The number of hydrogen-bond acceptors (Lipinski definition) is 5. The van der Waals surface area contributed by atoms with Crippen molar-refractivity contribution in [3.05, 3.63) is 148 Å². The minimum Gasteiger partial charge on any atom is -0.494 e. The van der Waals surface area contributed by atoms with Gasteiger partial charge in [0.25, 0.3) is 0 Å². The molecule has 0 amide bonds. The zero-order valence-corrected chi connectivity index (χ0v) is 23.9. The molecule has 0 spiro atoms. The molecule has 0 aromatic heterocycles. The minimum absolute atomic E-state index is 0.236. The van der Waals surface area contributed by atoms with E-state index in [9.17, 15) is 5.11 Å². The van der Waals surface area contributed by atoms with Gasteiger partial charge in [0.1, 0.15) is 30.3 Å². The van der Waals surface area contributed by atoms with Gasteiger partial charge in [0.05, 0.1) is 19.8 Å². The van der Waals surface area contributed by atoms with Gasteiger partial charge in [-0.3, -0.25) is 0 Å². The summed E-state index contributed by atoms with van der Waals surface area (Å²) in [5, 5.41) is 10.8. The van der Waals surface area contributed by atoms with Crippen molar-refractivity contribution < 1.29 is 24.1 Å². The van der Waals surface area contributed by atoms with Gasteiger partial charge in [-0.15, -0.1) is 0 Å². The van der Waals surface area contributed by atoms with Crippen molar-refractivity contribution >= 4 is 11.6 Å². The summed E-state index contributed by atoms with van der Waals surface area (Å²) in [6, 6.07) is 34.0. The Morgan fingerprint density at radius 1 is 0.780 bits per heavy atom. The summed E-state index contributed by atoms with van der Waals surface area (Å²) in [5.41, 5.74) is 5.10. The summed E-state index contributed by atoms with van der Waals surface area (Å²) in [4.78, 5) is 0. The molecule has 1 aliphatic rings. The lowest BCUT2D eigenvalue weighted by molar-refractivity contribution is -0.141. The van der Waals surface area contributed by atoms with Gasteiger partial charge in [-0.1, -0.05) is 96.5 Å². The molecule has 212 valence electrons. The third-order valence-electron chi connectivity index (χ3n) is 7.00. The fourth-order valence-corrected chi connectivity index (χ4v) is 5.11. The SMILES string of the molecule is CCOc1ccc(Cc2cc(C3OC(CO)=CC(OCc4ccccc4)C3OCc3ccccc3)ccc2Cl)cc1. The van der Waals surface area contributed by atoms with Crippen LogP contribution < -0.4 is 4.74 Å². The second kappa shape index (κ2) is 14.3. The molecule has 1 aliphatic heterocycles. The van der Waals surface area contributed by atoms with Crippen molar-refractivity contribution in [3.63, 3.8) is 0 Å². The first-order valence-electron chi connectivity index (χ1n) is 13.9. The van der Waals surface area contributed by atoms with E-state index < -0.39 is 18.3 Å². The van der Waals surface area contributed by atoms with Crippen LogP contribution in [0.25, 0.3) is 0 Å². The van der Waals surface area contributed by atoms with E-state index in [1.54, 1.807) is 0 Å². The normalized spacial score (nSPS) is 18.4. The lowest BCUT2D eigenvalue weighted by Gasteiger charge is -2.37.